The van der Waals surface area contributed by atoms with Gasteiger partial charge in [0.15, 0.2) is 5.66 Å². The molecule has 0 aliphatic carbocycles. The monoisotopic (exact) mass is 206 g/mol. The van der Waals surface area contributed by atoms with Crippen LogP contribution in [-0.4, -0.2) is 56.5 Å². The Morgan fingerprint density at radius 2 is 1.62 bits per heavy atom. The van der Waals surface area contributed by atoms with Gasteiger partial charge in [-0.3, -0.25) is 14.2 Å². The molecule has 0 aliphatic rings. The van der Waals surface area contributed by atoms with Crippen LogP contribution in [-0.2, 0) is 14.2 Å². The summed E-state index contributed by atoms with van der Waals surface area (Å²) in [5.41, 5.74) is -2.16. The molecule has 1 unspecified atom stereocenters. The first-order valence-electron chi connectivity index (χ1n) is 2.75. The zero-order valence-corrected chi connectivity index (χ0v) is 6.64. The summed E-state index contributed by atoms with van der Waals surface area (Å²) in [4.78, 5) is 36.8. The predicted octanol–water partition coefficient (Wildman–Crippen LogP) is -1.56. The summed E-state index contributed by atoms with van der Waals surface area (Å²) in [6.07, 6.45) is -1.08. The Morgan fingerprint density at radius 1 is 1.23 bits per heavy atom. The molecule has 7 nitrogen and oxygen atoms in total. The van der Waals surface area contributed by atoms with E-state index in [1.54, 1.807) is 0 Å². The zero-order valence-electron chi connectivity index (χ0n) is 5.75. The van der Waals surface area contributed by atoms with Crippen LogP contribution in [0.5, 0.6) is 0 Å². The van der Waals surface area contributed by atoms with Crippen LogP contribution < -0.4 is 0 Å². The molecule has 0 fully saturated rings. The molecule has 0 aromatic carbocycles. The summed E-state index contributed by atoms with van der Waals surface area (Å²) in [5.74, 6) is -3.38. The molecule has 0 radical (unpaired) electrons. The van der Waals surface area contributed by atoms with Gasteiger partial charge in [-0.1, -0.05) is 0 Å². The number of hydrogen-bond donors (Lipinski definition) is 4. The number of rotatable bonds is 4. The van der Waals surface area contributed by atoms with E-state index in [0.29, 0.717) is 0 Å². The SMILES string of the molecule is O=C(O)CC(C(=O)O)P(=O)(O)O.[LiH]. The molecule has 0 aromatic heterocycles. The maximum absolute atomic E-state index is 10.4. The predicted molar refractivity (Wildman–Crippen MR) is 42.9 cm³/mol. The van der Waals surface area contributed by atoms with Gasteiger partial charge < -0.3 is 20.0 Å². The van der Waals surface area contributed by atoms with E-state index in [1.807, 2.05) is 0 Å². The van der Waals surface area contributed by atoms with Crippen LogP contribution in [0.3, 0.4) is 0 Å². The molecule has 0 saturated carbocycles. The van der Waals surface area contributed by atoms with Gasteiger partial charge >= 0.3 is 38.4 Å². The van der Waals surface area contributed by atoms with Gasteiger partial charge in [-0.25, -0.2) is 0 Å². The van der Waals surface area contributed by atoms with Crippen molar-refractivity contribution in [3.05, 3.63) is 0 Å². The second kappa shape index (κ2) is 5.42. The van der Waals surface area contributed by atoms with Gasteiger partial charge in [0.2, 0.25) is 0 Å². The molecule has 9 heteroatoms. The van der Waals surface area contributed by atoms with Gasteiger partial charge in [0.1, 0.15) is 0 Å². The molecule has 1 atom stereocenters. The molecular weight excluding hydrogens is 198 g/mol. The molecular formula is C4H8LiO7P. The molecule has 0 saturated heterocycles. The summed E-state index contributed by atoms with van der Waals surface area (Å²) in [6.45, 7) is 0. The third-order valence-corrected chi connectivity index (χ3v) is 2.27. The van der Waals surface area contributed by atoms with Gasteiger partial charge in [-0.2, -0.15) is 0 Å². The van der Waals surface area contributed by atoms with Gasteiger partial charge in [-0.15, -0.1) is 0 Å². The fraction of sp³-hybridized carbons (Fsp3) is 0.500. The number of carboxylic acids is 2. The van der Waals surface area contributed by atoms with E-state index in [4.69, 9.17) is 20.0 Å². The van der Waals surface area contributed by atoms with Crippen LogP contribution >= 0.6 is 7.60 Å². The number of hydrogen-bond acceptors (Lipinski definition) is 3. The Labute approximate surface area is 85.1 Å². The molecule has 0 bridgehead atoms. The molecule has 0 spiro atoms. The fourth-order valence-corrected chi connectivity index (χ4v) is 1.20. The van der Waals surface area contributed by atoms with Crippen LogP contribution in [0, 0.1) is 0 Å². The minimum atomic E-state index is -4.87. The number of carbonyl (C=O) groups is 2. The Hall–Kier alpha value is -0.313. The maximum atomic E-state index is 10.4. The van der Waals surface area contributed by atoms with E-state index < -0.39 is 31.6 Å². The van der Waals surface area contributed by atoms with Crippen molar-refractivity contribution in [1.82, 2.24) is 0 Å². The minimum absolute atomic E-state index is 0. The third-order valence-electron chi connectivity index (χ3n) is 1.06. The van der Waals surface area contributed by atoms with Crippen LogP contribution in [0.2, 0.25) is 0 Å². The third kappa shape index (κ3) is 5.85. The van der Waals surface area contributed by atoms with Crippen LogP contribution in [0.15, 0.2) is 0 Å². The molecule has 0 aliphatic heterocycles. The van der Waals surface area contributed by atoms with Crippen LogP contribution in [0.4, 0.5) is 0 Å². The summed E-state index contributed by atoms with van der Waals surface area (Å²) < 4.78 is 10.4. The van der Waals surface area contributed by atoms with E-state index in [1.165, 1.54) is 0 Å². The molecule has 0 amide bonds. The Morgan fingerprint density at radius 3 is 1.69 bits per heavy atom. The number of carboxylic acid groups (broad SMARTS) is 2. The van der Waals surface area contributed by atoms with Crippen molar-refractivity contribution >= 4 is 38.4 Å². The van der Waals surface area contributed by atoms with Crippen molar-refractivity contribution in [3.8, 4) is 0 Å². The van der Waals surface area contributed by atoms with Crippen molar-refractivity contribution in [2.45, 2.75) is 12.1 Å². The first-order valence-corrected chi connectivity index (χ1v) is 4.43. The van der Waals surface area contributed by atoms with Crippen molar-refractivity contribution in [2.75, 3.05) is 0 Å². The topological polar surface area (TPSA) is 132 Å². The van der Waals surface area contributed by atoms with Crippen LogP contribution in [0.1, 0.15) is 6.42 Å². The van der Waals surface area contributed by atoms with Crippen molar-refractivity contribution < 1.29 is 34.2 Å². The van der Waals surface area contributed by atoms with Gasteiger partial charge in [0, 0.05) is 0 Å². The van der Waals surface area contributed by atoms with E-state index in [2.05, 4.69) is 0 Å². The Bertz CT molecular complexity index is 245. The summed E-state index contributed by atoms with van der Waals surface area (Å²) in [7, 11) is -4.87. The average Bonchev–Trinajstić information content (AvgIpc) is 1.79. The summed E-state index contributed by atoms with van der Waals surface area (Å²) in [6, 6.07) is 0. The average molecular weight is 206 g/mol. The van der Waals surface area contributed by atoms with E-state index >= 15 is 0 Å². The second-order valence-electron chi connectivity index (χ2n) is 2.04. The zero-order chi connectivity index (χ0) is 9.94. The molecule has 72 valence electrons. The van der Waals surface area contributed by atoms with Gasteiger partial charge in [0.25, 0.3) is 0 Å². The van der Waals surface area contributed by atoms with E-state index in [0.717, 1.165) is 0 Å². The molecule has 4 N–H and O–H groups in total. The van der Waals surface area contributed by atoms with Crippen LogP contribution in [0.25, 0.3) is 0 Å². The van der Waals surface area contributed by atoms with Gasteiger partial charge in [-0.05, 0) is 0 Å². The van der Waals surface area contributed by atoms with Gasteiger partial charge in [0.05, 0.1) is 6.42 Å². The number of aliphatic carboxylic acids is 2. The summed E-state index contributed by atoms with van der Waals surface area (Å²) in [5, 5.41) is 16.3. The fourth-order valence-electron chi connectivity index (χ4n) is 0.515. The Balaban J connectivity index is 0. The van der Waals surface area contributed by atoms with Crippen molar-refractivity contribution in [1.29, 1.82) is 0 Å². The molecule has 13 heavy (non-hydrogen) atoms. The molecule has 0 heterocycles. The molecule has 0 rings (SSSR count). The second-order valence-corrected chi connectivity index (χ2v) is 3.84. The first-order chi connectivity index (χ1) is 5.25. The standard InChI is InChI=1S/C4H7O7P.Li.H/c5-3(6)1-2(4(7)8)12(9,10)11;;/h2H,1H2,(H,5,6)(H,7,8)(H2,9,10,11);;. The van der Waals surface area contributed by atoms with Crippen molar-refractivity contribution in [2.24, 2.45) is 0 Å². The normalized spacial score (nSPS) is 12.8. The first kappa shape index (κ1) is 15.2. The van der Waals surface area contributed by atoms with E-state index in [9.17, 15) is 14.2 Å². The quantitative estimate of drug-likeness (QED) is 0.323. The van der Waals surface area contributed by atoms with Crippen molar-refractivity contribution in [3.63, 3.8) is 0 Å². The molecule has 0 aromatic rings. The Kier molecular flexibility index (Phi) is 6.33. The summed E-state index contributed by atoms with van der Waals surface area (Å²) >= 11 is 0. The van der Waals surface area contributed by atoms with E-state index in [-0.39, 0.29) is 18.9 Å².